The summed E-state index contributed by atoms with van der Waals surface area (Å²) in [4.78, 5) is 32.7. The Morgan fingerprint density at radius 3 is 2.94 bits per heavy atom. The Labute approximate surface area is 188 Å². The summed E-state index contributed by atoms with van der Waals surface area (Å²) >= 11 is 2.89. The number of hydrogen-bond acceptors (Lipinski definition) is 7. The smallest absolute Gasteiger partial charge is 0.263 e. The molecule has 1 aromatic carbocycles. The number of fused-ring (bicyclic) bond motifs is 3. The van der Waals surface area contributed by atoms with Crippen molar-refractivity contribution < 1.29 is 14.3 Å². The minimum absolute atomic E-state index is 0.0304. The third-order valence-corrected chi connectivity index (χ3v) is 7.41. The molecule has 0 atom stereocenters. The molecule has 7 nitrogen and oxygen atoms in total. The number of amides is 1. The zero-order chi connectivity index (χ0) is 21.8. The lowest BCUT2D eigenvalue weighted by molar-refractivity contribution is -0.113. The molecule has 3 aromatic rings. The summed E-state index contributed by atoms with van der Waals surface area (Å²) in [5.74, 6) is 0.650. The number of benzene rings is 1. The van der Waals surface area contributed by atoms with E-state index in [1.807, 2.05) is 12.1 Å². The van der Waals surface area contributed by atoms with E-state index in [4.69, 9.17) is 14.5 Å². The van der Waals surface area contributed by atoms with Crippen LogP contribution in [-0.2, 0) is 28.9 Å². The highest BCUT2D eigenvalue weighted by molar-refractivity contribution is 7.99. The van der Waals surface area contributed by atoms with Crippen LogP contribution in [0.2, 0.25) is 0 Å². The molecule has 2 heterocycles. The molecule has 1 aliphatic carbocycles. The van der Waals surface area contributed by atoms with E-state index in [1.165, 1.54) is 22.2 Å². The van der Waals surface area contributed by atoms with E-state index in [9.17, 15) is 9.59 Å². The molecule has 164 valence electrons. The summed E-state index contributed by atoms with van der Waals surface area (Å²) < 4.78 is 12.0. The SMILES string of the molecule is COCCn1c(SCC(=O)Nc2cccc(OC)c2)nc2sc3c(c2c1=O)CCCC3. The van der Waals surface area contributed by atoms with Crippen LogP contribution < -0.4 is 15.6 Å². The van der Waals surface area contributed by atoms with Crippen molar-refractivity contribution in [2.75, 3.05) is 31.9 Å². The molecule has 1 amide bonds. The Bertz CT molecular complexity index is 1160. The van der Waals surface area contributed by atoms with Gasteiger partial charge in [0.2, 0.25) is 5.91 Å². The van der Waals surface area contributed by atoms with Crippen molar-refractivity contribution >= 4 is 44.9 Å². The van der Waals surface area contributed by atoms with Gasteiger partial charge in [-0.3, -0.25) is 14.2 Å². The number of hydrogen-bond donors (Lipinski definition) is 1. The van der Waals surface area contributed by atoms with Crippen LogP contribution in [0.4, 0.5) is 5.69 Å². The van der Waals surface area contributed by atoms with Gasteiger partial charge in [0.05, 0.1) is 31.4 Å². The van der Waals surface area contributed by atoms with Gasteiger partial charge in [-0.2, -0.15) is 0 Å². The lowest BCUT2D eigenvalue weighted by atomic mass is 9.97. The number of nitrogens with one attached hydrogen (secondary N) is 1. The van der Waals surface area contributed by atoms with E-state index in [1.54, 1.807) is 42.3 Å². The van der Waals surface area contributed by atoms with E-state index >= 15 is 0 Å². The lowest BCUT2D eigenvalue weighted by Crippen LogP contribution is -2.26. The molecule has 9 heteroatoms. The first-order chi connectivity index (χ1) is 15.1. The molecule has 0 unspecified atom stereocenters. The molecule has 0 saturated heterocycles. The minimum atomic E-state index is -0.170. The Kier molecular flexibility index (Phi) is 6.94. The predicted octanol–water partition coefficient (Wildman–Crippen LogP) is 3.72. The molecule has 1 N–H and O–H groups in total. The van der Waals surface area contributed by atoms with Crippen molar-refractivity contribution in [3.63, 3.8) is 0 Å². The average Bonchev–Trinajstić information content (AvgIpc) is 3.16. The molecule has 0 radical (unpaired) electrons. The van der Waals surface area contributed by atoms with Crippen molar-refractivity contribution in [2.24, 2.45) is 0 Å². The normalized spacial score (nSPS) is 13.2. The van der Waals surface area contributed by atoms with Crippen molar-refractivity contribution in [1.82, 2.24) is 9.55 Å². The van der Waals surface area contributed by atoms with Gasteiger partial charge < -0.3 is 14.8 Å². The fraction of sp³-hybridized carbons (Fsp3) is 0.409. The number of aryl methyl sites for hydroxylation is 2. The zero-order valence-electron chi connectivity index (χ0n) is 17.6. The molecule has 0 aliphatic heterocycles. The van der Waals surface area contributed by atoms with E-state index in [2.05, 4.69) is 5.32 Å². The molecule has 0 fully saturated rings. The van der Waals surface area contributed by atoms with E-state index in [0.29, 0.717) is 29.7 Å². The van der Waals surface area contributed by atoms with Crippen LogP contribution in [0, 0.1) is 0 Å². The van der Waals surface area contributed by atoms with Crippen molar-refractivity contribution in [2.45, 2.75) is 37.4 Å². The highest BCUT2D eigenvalue weighted by Crippen LogP contribution is 2.34. The number of carbonyl (C=O) groups excluding carboxylic acids is 1. The van der Waals surface area contributed by atoms with Crippen LogP contribution in [-0.4, -0.2) is 42.0 Å². The first-order valence-electron chi connectivity index (χ1n) is 10.2. The number of methoxy groups -OCH3 is 2. The summed E-state index contributed by atoms with van der Waals surface area (Å²) in [6.07, 6.45) is 4.21. The Morgan fingerprint density at radius 1 is 1.29 bits per heavy atom. The number of anilines is 1. The van der Waals surface area contributed by atoms with Crippen molar-refractivity contribution in [3.05, 3.63) is 45.1 Å². The number of rotatable bonds is 8. The topological polar surface area (TPSA) is 82.4 Å². The molecular formula is C22H25N3O4S2. The Morgan fingerprint density at radius 2 is 2.13 bits per heavy atom. The van der Waals surface area contributed by atoms with Gasteiger partial charge in [-0.15, -0.1) is 11.3 Å². The second-order valence-electron chi connectivity index (χ2n) is 7.30. The van der Waals surface area contributed by atoms with Crippen LogP contribution in [0.1, 0.15) is 23.3 Å². The maximum atomic E-state index is 13.3. The van der Waals surface area contributed by atoms with Gasteiger partial charge in [-0.25, -0.2) is 4.98 Å². The molecule has 4 rings (SSSR count). The Hall–Kier alpha value is -2.36. The average molecular weight is 460 g/mol. The molecule has 0 bridgehead atoms. The summed E-state index contributed by atoms with van der Waals surface area (Å²) in [6, 6.07) is 7.20. The van der Waals surface area contributed by atoms with Crippen molar-refractivity contribution in [3.8, 4) is 5.75 Å². The van der Waals surface area contributed by atoms with Gasteiger partial charge >= 0.3 is 0 Å². The lowest BCUT2D eigenvalue weighted by Gasteiger charge is -2.13. The standard InChI is InChI=1S/C22H25N3O4S2/c1-28-11-10-25-21(27)19-16-8-3-4-9-17(16)31-20(19)24-22(25)30-13-18(26)23-14-6-5-7-15(12-14)29-2/h5-7,12H,3-4,8-11,13H2,1-2H3,(H,23,26). The monoisotopic (exact) mass is 459 g/mol. The van der Waals surface area contributed by atoms with Crippen LogP contribution >= 0.6 is 23.1 Å². The quantitative estimate of drug-likeness (QED) is 0.408. The first-order valence-corrected chi connectivity index (χ1v) is 12.0. The van der Waals surface area contributed by atoms with Gasteiger partial charge in [0, 0.05) is 23.7 Å². The second-order valence-corrected chi connectivity index (χ2v) is 9.33. The van der Waals surface area contributed by atoms with Crippen LogP contribution in [0.5, 0.6) is 5.75 Å². The largest absolute Gasteiger partial charge is 0.497 e. The molecule has 0 saturated carbocycles. The molecule has 31 heavy (non-hydrogen) atoms. The van der Waals surface area contributed by atoms with Gasteiger partial charge in [0.1, 0.15) is 10.6 Å². The van der Waals surface area contributed by atoms with E-state index < -0.39 is 0 Å². The van der Waals surface area contributed by atoms with E-state index in [-0.39, 0.29) is 17.2 Å². The summed E-state index contributed by atoms with van der Waals surface area (Å²) in [7, 11) is 3.19. The fourth-order valence-electron chi connectivity index (χ4n) is 3.74. The minimum Gasteiger partial charge on any atom is -0.497 e. The summed E-state index contributed by atoms with van der Waals surface area (Å²) in [5, 5.41) is 4.16. The molecule has 2 aromatic heterocycles. The highest BCUT2D eigenvalue weighted by atomic mass is 32.2. The van der Waals surface area contributed by atoms with Crippen LogP contribution in [0.3, 0.4) is 0 Å². The number of thioether (sulfide) groups is 1. The maximum absolute atomic E-state index is 13.3. The Balaban J connectivity index is 1.58. The highest BCUT2D eigenvalue weighted by Gasteiger charge is 2.22. The van der Waals surface area contributed by atoms with Crippen LogP contribution in [0.15, 0.2) is 34.2 Å². The molecular weight excluding hydrogens is 434 g/mol. The van der Waals surface area contributed by atoms with Crippen LogP contribution in [0.25, 0.3) is 10.2 Å². The number of ether oxygens (including phenoxy) is 2. The number of thiophene rings is 1. The summed E-state index contributed by atoms with van der Waals surface area (Å²) in [6.45, 7) is 0.811. The zero-order valence-corrected chi connectivity index (χ0v) is 19.2. The van der Waals surface area contributed by atoms with Gasteiger partial charge in [-0.1, -0.05) is 17.8 Å². The molecule has 1 aliphatic rings. The van der Waals surface area contributed by atoms with Gasteiger partial charge in [0.15, 0.2) is 5.16 Å². The van der Waals surface area contributed by atoms with Gasteiger partial charge in [-0.05, 0) is 43.4 Å². The van der Waals surface area contributed by atoms with Gasteiger partial charge in [0.25, 0.3) is 5.56 Å². The number of nitrogens with zero attached hydrogens (tertiary/aromatic N) is 2. The number of aromatic nitrogens is 2. The third-order valence-electron chi connectivity index (χ3n) is 5.24. The maximum Gasteiger partial charge on any atom is 0.263 e. The second kappa shape index (κ2) is 9.84. The predicted molar refractivity (Wildman–Crippen MR) is 125 cm³/mol. The van der Waals surface area contributed by atoms with E-state index in [0.717, 1.165) is 35.9 Å². The van der Waals surface area contributed by atoms with Crippen molar-refractivity contribution in [1.29, 1.82) is 0 Å². The fourth-order valence-corrected chi connectivity index (χ4v) is 5.87. The first kappa shape index (κ1) is 21.9. The summed E-state index contributed by atoms with van der Waals surface area (Å²) in [5.41, 5.74) is 1.80. The number of carbonyl (C=O) groups is 1. The molecule has 0 spiro atoms. The third kappa shape index (κ3) is 4.78.